The van der Waals surface area contributed by atoms with Crippen LogP contribution in [-0.4, -0.2) is 34.9 Å². The fourth-order valence-corrected chi connectivity index (χ4v) is 6.45. The summed E-state index contributed by atoms with van der Waals surface area (Å²) >= 11 is 6.01. The van der Waals surface area contributed by atoms with E-state index in [0.717, 1.165) is 37.7 Å². The second-order valence-electron chi connectivity index (χ2n) is 10.0. The van der Waals surface area contributed by atoms with E-state index in [-0.39, 0.29) is 34.8 Å². The normalized spacial score (nSPS) is 14.4. The van der Waals surface area contributed by atoms with Crippen molar-refractivity contribution in [3.05, 3.63) is 95.0 Å². The predicted molar refractivity (Wildman–Crippen MR) is 157 cm³/mol. The molecule has 10 heteroatoms. The molecule has 0 bridgehead atoms. The van der Waals surface area contributed by atoms with E-state index in [1.54, 1.807) is 4.57 Å². The Bertz CT molecular complexity index is 1800. The summed E-state index contributed by atoms with van der Waals surface area (Å²) in [5.74, 6) is -0.250. The largest absolute Gasteiger partial charge is 0.349 e. The van der Waals surface area contributed by atoms with E-state index < -0.39 is 10.0 Å². The van der Waals surface area contributed by atoms with Crippen molar-refractivity contribution in [3.63, 3.8) is 0 Å². The van der Waals surface area contributed by atoms with E-state index in [9.17, 15) is 13.2 Å². The average Bonchev–Trinajstić information content (AvgIpc) is 3.24. The fraction of sp³-hybridized carbons (Fsp3) is 0.233. The zero-order chi connectivity index (χ0) is 27.7. The minimum Gasteiger partial charge on any atom is -0.349 e. The molecule has 204 valence electrons. The van der Waals surface area contributed by atoms with Crippen LogP contribution in [0, 0.1) is 0 Å². The lowest BCUT2D eigenvalue weighted by atomic mass is 9.95. The van der Waals surface area contributed by atoms with Crippen LogP contribution in [0.5, 0.6) is 0 Å². The van der Waals surface area contributed by atoms with Gasteiger partial charge in [0.2, 0.25) is 0 Å². The first-order valence-electron chi connectivity index (χ1n) is 13.3. The molecule has 40 heavy (non-hydrogen) atoms. The SMILES string of the molecule is O=C(NC1CCCCC1)c1c(NS(=O)(=O)c2ccc(Cl)cc2)n(Cc2ccccc2)c2nc3ccccc3nc12. The van der Waals surface area contributed by atoms with Gasteiger partial charge in [-0.2, -0.15) is 0 Å². The maximum atomic E-state index is 14.0. The van der Waals surface area contributed by atoms with Crippen molar-refractivity contribution in [1.29, 1.82) is 0 Å². The van der Waals surface area contributed by atoms with Gasteiger partial charge in [-0.1, -0.05) is 73.3 Å². The number of hydrogen-bond acceptors (Lipinski definition) is 5. The lowest BCUT2D eigenvalue weighted by Gasteiger charge is -2.23. The Morgan fingerprint density at radius 2 is 1.52 bits per heavy atom. The minimum absolute atomic E-state index is 0.0166. The molecular formula is C30H28ClN5O3S. The number of para-hydroxylation sites is 2. The Kier molecular flexibility index (Phi) is 7.16. The third kappa shape index (κ3) is 5.26. The molecule has 0 saturated heterocycles. The lowest BCUT2D eigenvalue weighted by Crippen LogP contribution is -2.36. The van der Waals surface area contributed by atoms with Crippen molar-refractivity contribution in [2.45, 2.75) is 49.6 Å². The van der Waals surface area contributed by atoms with Crippen molar-refractivity contribution < 1.29 is 13.2 Å². The zero-order valence-corrected chi connectivity index (χ0v) is 23.3. The Labute approximate surface area is 237 Å². The minimum atomic E-state index is -4.09. The van der Waals surface area contributed by atoms with Gasteiger partial charge in [0.25, 0.3) is 15.9 Å². The first kappa shape index (κ1) is 26.3. The summed E-state index contributed by atoms with van der Waals surface area (Å²) in [4.78, 5) is 23.7. The molecule has 0 spiro atoms. The third-order valence-corrected chi connectivity index (χ3v) is 8.86. The summed E-state index contributed by atoms with van der Waals surface area (Å²) < 4.78 is 31.8. The number of nitrogens with one attached hydrogen (secondary N) is 2. The molecule has 3 aromatic carbocycles. The van der Waals surface area contributed by atoms with Gasteiger partial charge in [-0.15, -0.1) is 0 Å². The number of fused-ring (bicyclic) bond motifs is 2. The van der Waals surface area contributed by atoms with Gasteiger partial charge in [0, 0.05) is 11.1 Å². The molecule has 1 fully saturated rings. The molecule has 0 unspecified atom stereocenters. The number of aromatic nitrogens is 3. The molecule has 1 saturated carbocycles. The number of amides is 1. The maximum Gasteiger partial charge on any atom is 0.263 e. The number of nitrogens with zero attached hydrogens (tertiary/aromatic N) is 3. The number of benzene rings is 3. The number of halogens is 1. The highest BCUT2D eigenvalue weighted by Crippen LogP contribution is 2.33. The number of sulfonamides is 1. The molecule has 1 aliphatic carbocycles. The molecule has 2 N–H and O–H groups in total. The van der Waals surface area contributed by atoms with Gasteiger partial charge in [0.05, 0.1) is 22.5 Å². The van der Waals surface area contributed by atoms with Crippen molar-refractivity contribution >= 4 is 55.5 Å². The van der Waals surface area contributed by atoms with Gasteiger partial charge < -0.3 is 9.88 Å². The number of rotatable bonds is 7. The van der Waals surface area contributed by atoms with Crippen molar-refractivity contribution in [2.75, 3.05) is 4.72 Å². The predicted octanol–water partition coefficient (Wildman–Crippen LogP) is 6.15. The second-order valence-corrected chi connectivity index (χ2v) is 12.2. The highest BCUT2D eigenvalue weighted by atomic mass is 35.5. The highest BCUT2D eigenvalue weighted by molar-refractivity contribution is 7.92. The van der Waals surface area contributed by atoms with E-state index in [1.165, 1.54) is 24.3 Å². The van der Waals surface area contributed by atoms with Crippen LogP contribution in [0.1, 0.15) is 48.0 Å². The molecule has 0 aliphatic heterocycles. The van der Waals surface area contributed by atoms with Crippen LogP contribution in [0.3, 0.4) is 0 Å². The zero-order valence-electron chi connectivity index (χ0n) is 21.7. The Balaban J connectivity index is 1.57. The Morgan fingerprint density at radius 1 is 0.875 bits per heavy atom. The van der Waals surface area contributed by atoms with E-state index in [1.807, 2.05) is 54.6 Å². The molecule has 6 rings (SSSR count). The number of carbonyl (C=O) groups is 1. The molecule has 5 aromatic rings. The van der Waals surface area contributed by atoms with Gasteiger partial charge in [-0.25, -0.2) is 18.4 Å². The molecule has 0 radical (unpaired) electrons. The highest BCUT2D eigenvalue weighted by Gasteiger charge is 2.30. The molecule has 2 aromatic heterocycles. The van der Waals surface area contributed by atoms with Gasteiger partial charge >= 0.3 is 0 Å². The summed E-state index contributed by atoms with van der Waals surface area (Å²) in [6, 6.07) is 22.9. The van der Waals surface area contributed by atoms with Crippen LogP contribution in [-0.2, 0) is 16.6 Å². The Hall–Kier alpha value is -3.95. The molecule has 0 atom stereocenters. The standard InChI is InChI=1S/C30H28ClN5O3S/c31-21-15-17-23(18-16-21)40(38,39)35-28-26(30(37)32-22-11-5-2-6-12-22)27-29(34-25-14-8-7-13-24(25)33-27)36(28)19-20-9-3-1-4-10-20/h1,3-4,7-10,13-18,22,35H,2,5-6,11-12,19H2,(H,32,37). The first-order chi connectivity index (χ1) is 19.4. The van der Waals surface area contributed by atoms with Crippen LogP contribution in [0.4, 0.5) is 5.82 Å². The lowest BCUT2D eigenvalue weighted by molar-refractivity contribution is 0.0930. The summed E-state index contributed by atoms with van der Waals surface area (Å²) in [6.07, 6.45) is 5.00. The summed E-state index contributed by atoms with van der Waals surface area (Å²) in [5, 5.41) is 3.57. The number of carbonyl (C=O) groups excluding carboxylic acids is 1. The van der Waals surface area contributed by atoms with Crippen molar-refractivity contribution in [1.82, 2.24) is 19.9 Å². The molecule has 8 nitrogen and oxygen atoms in total. The molecule has 2 heterocycles. The van der Waals surface area contributed by atoms with E-state index >= 15 is 0 Å². The van der Waals surface area contributed by atoms with Gasteiger partial charge in [0.15, 0.2) is 5.65 Å². The summed E-state index contributed by atoms with van der Waals surface area (Å²) in [5.41, 5.74) is 3.11. The van der Waals surface area contributed by atoms with Crippen molar-refractivity contribution in [3.8, 4) is 0 Å². The van der Waals surface area contributed by atoms with Crippen LogP contribution in [0.2, 0.25) is 5.02 Å². The van der Waals surface area contributed by atoms with Crippen LogP contribution >= 0.6 is 11.6 Å². The maximum absolute atomic E-state index is 14.0. The third-order valence-electron chi connectivity index (χ3n) is 7.26. The summed E-state index contributed by atoms with van der Waals surface area (Å²) in [6.45, 7) is 0.277. The molecule has 1 amide bonds. The molecule has 1 aliphatic rings. The number of anilines is 1. The van der Waals surface area contributed by atoms with Gasteiger partial charge in [-0.05, 0) is 54.8 Å². The van der Waals surface area contributed by atoms with E-state index in [0.29, 0.717) is 27.2 Å². The first-order valence-corrected chi connectivity index (χ1v) is 15.2. The van der Waals surface area contributed by atoms with Crippen molar-refractivity contribution in [2.24, 2.45) is 0 Å². The van der Waals surface area contributed by atoms with Crippen LogP contribution in [0.15, 0.2) is 83.8 Å². The molecular weight excluding hydrogens is 546 g/mol. The second kappa shape index (κ2) is 10.9. The fourth-order valence-electron chi connectivity index (χ4n) is 5.25. The van der Waals surface area contributed by atoms with E-state index in [2.05, 4.69) is 10.0 Å². The van der Waals surface area contributed by atoms with Gasteiger partial charge in [-0.3, -0.25) is 9.52 Å². The smallest absolute Gasteiger partial charge is 0.263 e. The topological polar surface area (TPSA) is 106 Å². The Morgan fingerprint density at radius 3 is 2.23 bits per heavy atom. The average molecular weight is 574 g/mol. The quantitative estimate of drug-likeness (QED) is 0.243. The monoisotopic (exact) mass is 573 g/mol. The van der Waals surface area contributed by atoms with Crippen LogP contribution < -0.4 is 10.0 Å². The summed E-state index contributed by atoms with van der Waals surface area (Å²) in [7, 11) is -4.09. The van der Waals surface area contributed by atoms with E-state index in [4.69, 9.17) is 21.6 Å². The number of hydrogen-bond donors (Lipinski definition) is 2. The van der Waals surface area contributed by atoms with Gasteiger partial charge in [0.1, 0.15) is 16.9 Å². The van der Waals surface area contributed by atoms with Crippen LogP contribution in [0.25, 0.3) is 22.2 Å².